The Kier molecular flexibility index (Phi) is 9.22. The van der Waals surface area contributed by atoms with Gasteiger partial charge in [0.15, 0.2) is 0 Å². The monoisotopic (exact) mass is 222 g/mol. The van der Waals surface area contributed by atoms with Crippen molar-refractivity contribution < 1.29 is 0 Å². The molecule has 0 aromatic carbocycles. The Morgan fingerprint density at radius 2 is 1.56 bits per heavy atom. The molecule has 0 saturated heterocycles. The topological polar surface area (TPSA) is 0 Å². The first-order chi connectivity index (χ1) is 7.32. The predicted molar refractivity (Wildman–Crippen MR) is 77.7 cm³/mol. The van der Waals surface area contributed by atoms with Gasteiger partial charge in [0.05, 0.1) is 0 Å². The van der Waals surface area contributed by atoms with Gasteiger partial charge in [-0.1, -0.05) is 73.3 Å². The van der Waals surface area contributed by atoms with Crippen molar-refractivity contribution >= 4 is 0 Å². The van der Waals surface area contributed by atoms with Crippen LogP contribution in [0.2, 0.25) is 0 Å². The normalized spacial score (nSPS) is 13.3. The quantitative estimate of drug-likeness (QED) is 0.531. The minimum atomic E-state index is 0.220. The van der Waals surface area contributed by atoms with Crippen LogP contribution in [0.5, 0.6) is 0 Å². The molecule has 0 aliphatic heterocycles. The molecule has 0 aliphatic carbocycles. The second kappa shape index (κ2) is 8.38. The van der Waals surface area contributed by atoms with E-state index in [-0.39, 0.29) is 5.41 Å². The third-order valence-electron chi connectivity index (χ3n) is 2.40. The van der Waals surface area contributed by atoms with E-state index < -0.39 is 0 Å². The van der Waals surface area contributed by atoms with Crippen LogP contribution in [-0.2, 0) is 0 Å². The number of allylic oxidation sites excluding steroid dienone is 5. The van der Waals surface area contributed by atoms with Crippen LogP contribution in [0.25, 0.3) is 0 Å². The van der Waals surface area contributed by atoms with Crippen molar-refractivity contribution in [2.75, 3.05) is 0 Å². The van der Waals surface area contributed by atoms with Crippen LogP contribution in [0.15, 0.2) is 36.0 Å². The summed E-state index contributed by atoms with van der Waals surface area (Å²) in [5, 5.41) is 0. The molecule has 0 N–H and O–H groups in total. The molecule has 0 heteroatoms. The minimum absolute atomic E-state index is 0.220. The molecule has 0 saturated carbocycles. The average molecular weight is 222 g/mol. The predicted octanol–water partition coefficient (Wildman–Crippen LogP) is 5.77. The van der Waals surface area contributed by atoms with Gasteiger partial charge in [0.1, 0.15) is 0 Å². The molecule has 0 atom stereocenters. The fourth-order valence-corrected chi connectivity index (χ4v) is 1.37. The summed E-state index contributed by atoms with van der Waals surface area (Å²) in [4.78, 5) is 0. The van der Waals surface area contributed by atoms with E-state index in [9.17, 15) is 0 Å². The lowest BCUT2D eigenvalue weighted by atomic mass is 9.84. The Balaban J connectivity index is 0. The first kappa shape index (κ1) is 17.6. The lowest BCUT2D eigenvalue weighted by Gasteiger charge is -2.21. The third-order valence-corrected chi connectivity index (χ3v) is 2.40. The van der Waals surface area contributed by atoms with Gasteiger partial charge in [-0.2, -0.15) is 0 Å². The molecule has 94 valence electrons. The zero-order valence-corrected chi connectivity index (χ0v) is 12.5. The zero-order valence-electron chi connectivity index (χ0n) is 12.5. The zero-order chi connectivity index (χ0) is 13.4. The molecule has 0 aliphatic rings. The number of rotatable bonds is 3. The lowest BCUT2D eigenvalue weighted by molar-refractivity contribution is 0.515. The van der Waals surface area contributed by atoms with E-state index in [2.05, 4.69) is 60.3 Å². The lowest BCUT2D eigenvalue weighted by Crippen LogP contribution is -2.08. The molecule has 0 unspecified atom stereocenters. The Hall–Kier alpha value is -0.780. The van der Waals surface area contributed by atoms with Crippen molar-refractivity contribution in [3.05, 3.63) is 36.0 Å². The van der Waals surface area contributed by atoms with Crippen molar-refractivity contribution in [3.63, 3.8) is 0 Å². The molecule has 0 heterocycles. The average Bonchev–Trinajstić information content (AvgIpc) is 2.20. The summed E-state index contributed by atoms with van der Waals surface area (Å²) < 4.78 is 0. The molecule has 0 aromatic heterocycles. The van der Waals surface area contributed by atoms with Crippen molar-refractivity contribution in [1.82, 2.24) is 0 Å². The van der Waals surface area contributed by atoms with Gasteiger partial charge in [0.25, 0.3) is 0 Å². The highest BCUT2D eigenvalue weighted by molar-refractivity contribution is 5.33. The molecule has 0 aromatic rings. The highest BCUT2D eigenvalue weighted by Gasteiger charge is 2.14. The van der Waals surface area contributed by atoms with Crippen LogP contribution in [0, 0.1) is 11.3 Å². The fourth-order valence-electron chi connectivity index (χ4n) is 1.37. The second-order valence-electron chi connectivity index (χ2n) is 5.00. The molecule has 16 heavy (non-hydrogen) atoms. The van der Waals surface area contributed by atoms with Gasteiger partial charge >= 0.3 is 0 Å². The smallest absolute Gasteiger partial charge is 0.0135 e. The van der Waals surface area contributed by atoms with E-state index in [4.69, 9.17) is 0 Å². The molecule has 0 amide bonds. The maximum absolute atomic E-state index is 3.86. The molecule has 0 radical (unpaired) electrons. The second-order valence-corrected chi connectivity index (χ2v) is 5.00. The molecular weight excluding hydrogens is 192 g/mol. The fraction of sp³-hybridized carbons (Fsp3) is 0.625. The molecule has 0 rings (SSSR count). The summed E-state index contributed by atoms with van der Waals surface area (Å²) in [6.07, 6.45) is 6.41. The maximum atomic E-state index is 3.86. The van der Waals surface area contributed by atoms with Crippen LogP contribution >= 0.6 is 0 Å². The van der Waals surface area contributed by atoms with Crippen LogP contribution < -0.4 is 0 Å². The summed E-state index contributed by atoms with van der Waals surface area (Å²) in [6, 6.07) is 0. The Morgan fingerprint density at radius 3 is 1.75 bits per heavy atom. The van der Waals surface area contributed by atoms with E-state index in [1.165, 1.54) is 11.1 Å². The minimum Gasteiger partial charge on any atom is -0.0988 e. The van der Waals surface area contributed by atoms with Gasteiger partial charge in [0.2, 0.25) is 0 Å². The summed E-state index contributed by atoms with van der Waals surface area (Å²) in [5.74, 6) is 0.546. The van der Waals surface area contributed by atoms with Gasteiger partial charge < -0.3 is 0 Å². The van der Waals surface area contributed by atoms with Crippen LogP contribution in [0.4, 0.5) is 0 Å². The highest BCUT2D eigenvalue weighted by Crippen LogP contribution is 2.28. The maximum Gasteiger partial charge on any atom is -0.0135 e. The van der Waals surface area contributed by atoms with E-state index in [1.807, 2.05) is 19.9 Å². The summed E-state index contributed by atoms with van der Waals surface area (Å²) >= 11 is 0. The molecule has 0 bridgehead atoms. The van der Waals surface area contributed by atoms with Crippen LogP contribution in [0.1, 0.15) is 55.4 Å². The van der Waals surface area contributed by atoms with E-state index in [0.29, 0.717) is 5.92 Å². The van der Waals surface area contributed by atoms with E-state index >= 15 is 0 Å². The van der Waals surface area contributed by atoms with Crippen LogP contribution in [0.3, 0.4) is 0 Å². The molecule has 0 spiro atoms. The Morgan fingerprint density at radius 1 is 1.12 bits per heavy atom. The Bertz CT molecular complexity index is 244. The standard InChI is InChI=1S/C14H24.C2H6/c1-8-12(11(3)4)10-13(9-2)14(5,6)7;1-2/h8-11H,1H2,2-7H3;1-2H3/b12-10+,13-9+;. The number of hydrogen-bond donors (Lipinski definition) is 0. The molecule has 0 nitrogen and oxygen atoms in total. The van der Waals surface area contributed by atoms with Crippen molar-refractivity contribution in [2.45, 2.75) is 55.4 Å². The van der Waals surface area contributed by atoms with Crippen molar-refractivity contribution in [3.8, 4) is 0 Å². The highest BCUT2D eigenvalue weighted by atomic mass is 14.2. The van der Waals surface area contributed by atoms with Gasteiger partial charge in [-0.15, -0.1) is 0 Å². The Labute approximate surface area is 103 Å². The summed E-state index contributed by atoms with van der Waals surface area (Å²) in [5.41, 5.74) is 2.91. The first-order valence-corrected chi connectivity index (χ1v) is 6.33. The number of hydrogen-bond acceptors (Lipinski definition) is 0. The van der Waals surface area contributed by atoms with E-state index in [0.717, 1.165) is 0 Å². The van der Waals surface area contributed by atoms with Crippen LogP contribution in [-0.4, -0.2) is 0 Å². The first-order valence-electron chi connectivity index (χ1n) is 6.33. The van der Waals surface area contributed by atoms with Gasteiger partial charge in [-0.25, -0.2) is 0 Å². The SMILES string of the molecule is C=C/C(=C\C(=C/C)C(C)(C)C)C(C)C.CC. The van der Waals surface area contributed by atoms with E-state index in [1.54, 1.807) is 0 Å². The largest absolute Gasteiger partial charge is 0.0988 e. The van der Waals surface area contributed by atoms with Crippen molar-refractivity contribution in [1.29, 1.82) is 0 Å². The van der Waals surface area contributed by atoms with Crippen molar-refractivity contribution in [2.24, 2.45) is 11.3 Å². The molecule has 0 fully saturated rings. The van der Waals surface area contributed by atoms with Gasteiger partial charge in [-0.05, 0) is 29.4 Å². The van der Waals surface area contributed by atoms with Gasteiger partial charge in [-0.3, -0.25) is 0 Å². The third kappa shape index (κ3) is 6.66. The van der Waals surface area contributed by atoms with Gasteiger partial charge in [0, 0.05) is 0 Å². The summed E-state index contributed by atoms with van der Waals surface area (Å²) in [6.45, 7) is 21.1. The molecular formula is C16H30. The summed E-state index contributed by atoms with van der Waals surface area (Å²) in [7, 11) is 0.